The average molecular weight is 346 g/mol. The average Bonchev–Trinajstić information content (AvgIpc) is 2.64. The topological polar surface area (TPSA) is 99.4 Å². The van der Waals surface area contributed by atoms with Crippen molar-refractivity contribution >= 4 is 6.08 Å². The number of aromatic hydroxyl groups is 1. The molecule has 0 unspecified atom stereocenters. The summed E-state index contributed by atoms with van der Waals surface area (Å²) < 4.78 is 11.0. The van der Waals surface area contributed by atoms with Crippen LogP contribution in [0, 0.1) is 0 Å². The van der Waals surface area contributed by atoms with Crippen molar-refractivity contribution in [3.63, 3.8) is 0 Å². The monoisotopic (exact) mass is 346 g/mol. The van der Waals surface area contributed by atoms with Gasteiger partial charge in [-0.1, -0.05) is 30.4 Å². The van der Waals surface area contributed by atoms with E-state index in [2.05, 4.69) is 0 Å². The molecule has 0 aliphatic rings. The molecular formula is C19H22O6. The number of hydrogen-bond donors (Lipinski definition) is 4. The Labute approximate surface area is 146 Å². The van der Waals surface area contributed by atoms with Gasteiger partial charge in [-0.3, -0.25) is 0 Å². The molecule has 2 aromatic rings. The molecule has 0 amide bonds. The van der Waals surface area contributed by atoms with Crippen molar-refractivity contribution in [2.75, 3.05) is 20.3 Å². The van der Waals surface area contributed by atoms with E-state index in [1.54, 1.807) is 42.5 Å². The Morgan fingerprint density at radius 3 is 2.36 bits per heavy atom. The van der Waals surface area contributed by atoms with Gasteiger partial charge in [0.05, 0.1) is 20.3 Å². The number of phenols is 1. The van der Waals surface area contributed by atoms with E-state index in [1.165, 1.54) is 19.2 Å². The molecule has 4 N–H and O–H groups in total. The number of aliphatic hydroxyl groups excluding tert-OH is 3. The van der Waals surface area contributed by atoms with Crippen molar-refractivity contribution in [1.82, 2.24) is 0 Å². The molecule has 2 atom stereocenters. The predicted molar refractivity (Wildman–Crippen MR) is 93.7 cm³/mol. The van der Waals surface area contributed by atoms with Crippen LogP contribution in [-0.4, -0.2) is 46.9 Å². The Balaban J connectivity index is 2.20. The first kappa shape index (κ1) is 18.8. The number of aliphatic hydroxyl groups is 3. The SMILES string of the molecule is COc1cc(/C=C/CO)ccc1O[C@@H](CO)[C@@H](O)c1ccc(O)cc1. The number of ether oxygens (including phenoxy) is 2. The third kappa shape index (κ3) is 4.96. The summed E-state index contributed by atoms with van der Waals surface area (Å²) in [6.45, 7) is -0.469. The van der Waals surface area contributed by atoms with Crippen LogP contribution < -0.4 is 9.47 Å². The predicted octanol–water partition coefficient (Wildman–Crippen LogP) is 1.88. The van der Waals surface area contributed by atoms with Crippen LogP contribution in [-0.2, 0) is 0 Å². The minimum Gasteiger partial charge on any atom is -0.508 e. The smallest absolute Gasteiger partial charge is 0.161 e. The minimum atomic E-state index is -1.08. The zero-order valence-electron chi connectivity index (χ0n) is 13.9. The molecule has 0 radical (unpaired) electrons. The van der Waals surface area contributed by atoms with Crippen molar-refractivity contribution in [2.45, 2.75) is 12.2 Å². The summed E-state index contributed by atoms with van der Waals surface area (Å²) in [5.41, 5.74) is 1.33. The summed E-state index contributed by atoms with van der Waals surface area (Å²) in [5, 5.41) is 38.2. The van der Waals surface area contributed by atoms with Gasteiger partial charge < -0.3 is 29.9 Å². The molecule has 0 fully saturated rings. The molecule has 6 nitrogen and oxygen atoms in total. The Hall–Kier alpha value is -2.54. The number of phenolic OH excluding ortho intramolecular Hbond substituents is 1. The van der Waals surface area contributed by atoms with Gasteiger partial charge in [-0.15, -0.1) is 0 Å². The molecule has 0 aliphatic carbocycles. The molecule has 0 saturated carbocycles. The molecule has 6 heteroatoms. The van der Waals surface area contributed by atoms with Gasteiger partial charge in [0.1, 0.15) is 11.9 Å². The highest BCUT2D eigenvalue weighted by Gasteiger charge is 2.23. The normalized spacial score (nSPS) is 13.6. The lowest BCUT2D eigenvalue weighted by Crippen LogP contribution is -2.29. The van der Waals surface area contributed by atoms with Crippen molar-refractivity contribution in [1.29, 1.82) is 0 Å². The minimum absolute atomic E-state index is 0.0635. The van der Waals surface area contributed by atoms with Gasteiger partial charge in [-0.2, -0.15) is 0 Å². The fraction of sp³-hybridized carbons (Fsp3) is 0.263. The zero-order chi connectivity index (χ0) is 18.2. The van der Waals surface area contributed by atoms with E-state index in [0.29, 0.717) is 17.1 Å². The van der Waals surface area contributed by atoms with Crippen LogP contribution in [0.25, 0.3) is 6.08 Å². The van der Waals surface area contributed by atoms with E-state index >= 15 is 0 Å². The molecule has 25 heavy (non-hydrogen) atoms. The van der Waals surface area contributed by atoms with Gasteiger partial charge in [0.15, 0.2) is 17.6 Å². The van der Waals surface area contributed by atoms with Gasteiger partial charge in [-0.25, -0.2) is 0 Å². The van der Waals surface area contributed by atoms with E-state index in [0.717, 1.165) is 5.56 Å². The maximum atomic E-state index is 10.4. The second kappa shape index (κ2) is 9.08. The molecular weight excluding hydrogens is 324 g/mol. The Morgan fingerprint density at radius 1 is 1.04 bits per heavy atom. The van der Waals surface area contributed by atoms with Crippen LogP contribution in [0.3, 0.4) is 0 Å². The Morgan fingerprint density at radius 2 is 1.76 bits per heavy atom. The van der Waals surface area contributed by atoms with E-state index < -0.39 is 18.8 Å². The second-order valence-electron chi connectivity index (χ2n) is 5.37. The Bertz CT molecular complexity index is 696. The first-order chi connectivity index (χ1) is 12.1. The summed E-state index contributed by atoms with van der Waals surface area (Å²) in [5.74, 6) is 0.905. The van der Waals surface area contributed by atoms with Crippen LogP contribution in [0.2, 0.25) is 0 Å². The van der Waals surface area contributed by atoms with Gasteiger partial charge in [-0.05, 0) is 35.4 Å². The lowest BCUT2D eigenvalue weighted by Gasteiger charge is -2.24. The summed E-state index contributed by atoms with van der Waals surface area (Å²) >= 11 is 0. The van der Waals surface area contributed by atoms with Crippen molar-refractivity contribution in [2.24, 2.45) is 0 Å². The highest BCUT2D eigenvalue weighted by Crippen LogP contribution is 2.32. The molecule has 0 aliphatic heterocycles. The van der Waals surface area contributed by atoms with E-state index in [9.17, 15) is 15.3 Å². The molecule has 0 aromatic heterocycles. The van der Waals surface area contributed by atoms with Gasteiger partial charge in [0.2, 0.25) is 0 Å². The quantitative estimate of drug-likeness (QED) is 0.582. The third-order valence-corrected chi connectivity index (χ3v) is 3.65. The van der Waals surface area contributed by atoms with E-state index in [4.69, 9.17) is 14.6 Å². The summed E-state index contributed by atoms with van der Waals surface area (Å²) in [4.78, 5) is 0. The first-order valence-electron chi connectivity index (χ1n) is 7.79. The summed E-state index contributed by atoms with van der Waals surface area (Å²) in [6.07, 6.45) is 1.35. The fourth-order valence-corrected chi connectivity index (χ4v) is 2.32. The summed E-state index contributed by atoms with van der Waals surface area (Å²) in [6, 6.07) is 11.2. The van der Waals surface area contributed by atoms with Gasteiger partial charge >= 0.3 is 0 Å². The third-order valence-electron chi connectivity index (χ3n) is 3.65. The molecule has 0 saturated heterocycles. The Kier molecular flexibility index (Phi) is 6.82. The van der Waals surface area contributed by atoms with E-state index in [1.807, 2.05) is 0 Å². The largest absolute Gasteiger partial charge is 0.508 e. The van der Waals surface area contributed by atoms with Crippen molar-refractivity contribution in [3.05, 3.63) is 59.7 Å². The van der Waals surface area contributed by atoms with Crippen LogP contribution in [0.4, 0.5) is 0 Å². The van der Waals surface area contributed by atoms with Crippen LogP contribution in [0.1, 0.15) is 17.2 Å². The zero-order valence-corrected chi connectivity index (χ0v) is 13.9. The van der Waals surface area contributed by atoms with Crippen LogP contribution in [0.5, 0.6) is 17.2 Å². The second-order valence-corrected chi connectivity index (χ2v) is 5.37. The van der Waals surface area contributed by atoms with Gasteiger partial charge in [0, 0.05) is 0 Å². The molecule has 134 valence electrons. The van der Waals surface area contributed by atoms with Crippen molar-refractivity contribution < 1.29 is 29.9 Å². The lowest BCUT2D eigenvalue weighted by molar-refractivity contribution is -0.000423. The molecule has 0 heterocycles. The van der Waals surface area contributed by atoms with Crippen LogP contribution >= 0.6 is 0 Å². The standard InChI is InChI=1S/C19H22O6/c1-24-17-11-13(3-2-10-20)4-9-16(17)25-18(12-21)19(23)14-5-7-15(22)8-6-14/h2-9,11,18-23H,10,12H2,1H3/b3-2+/t18-,19-/m0/s1. The van der Waals surface area contributed by atoms with Crippen LogP contribution in [0.15, 0.2) is 48.5 Å². The van der Waals surface area contributed by atoms with Gasteiger partial charge in [0.25, 0.3) is 0 Å². The number of rotatable bonds is 8. The molecule has 2 aromatic carbocycles. The first-order valence-corrected chi connectivity index (χ1v) is 7.79. The number of methoxy groups -OCH3 is 1. The molecule has 0 bridgehead atoms. The highest BCUT2D eigenvalue weighted by molar-refractivity contribution is 5.56. The lowest BCUT2D eigenvalue weighted by atomic mass is 10.0. The number of hydrogen-bond acceptors (Lipinski definition) is 6. The highest BCUT2D eigenvalue weighted by atomic mass is 16.5. The maximum absolute atomic E-state index is 10.4. The van der Waals surface area contributed by atoms with Crippen molar-refractivity contribution in [3.8, 4) is 17.2 Å². The number of benzene rings is 2. The molecule has 2 rings (SSSR count). The van der Waals surface area contributed by atoms with E-state index in [-0.39, 0.29) is 12.4 Å². The maximum Gasteiger partial charge on any atom is 0.161 e. The molecule has 0 spiro atoms. The summed E-state index contributed by atoms with van der Waals surface area (Å²) in [7, 11) is 1.49. The fourth-order valence-electron chi connectivity index (χ4n) is 2.32.